The molecular formula is C18H31N3. The standard InChI is InChI=1S/C18H31N3/c1-6-18(7-2)11-13-21(14-12-18)16-10-8-9-15(19-16)20-17(3,4)5/h8-10H,6-7,11-14H2,1-5H3,(H,19,20). The lowest BCUT2D eigenvalue weighted by Crippen LogP contribution is -2.40. The first-order valence-electron chi connectivity index (χ1n) is 8.38. The van der Waals surface area contributed by atoms with E-state index in [1.807, 2.05) is 0 Å². The van der Waals surface area contributed by atoms with Crippen LogP contribution in [-0.4, -0.2) is 23.6 Å². The molecule has 0 spiro atoms. The zero-order chi connectivity index (χ0) is 15.5. The molecule has 2 rings (SSSR count). The molecule has 0 saturated carbocycles. The van der Waals surface area contributed by atoms with Crippen molar-refractivity contribution in [2.75, 3.05) is 23.3 Å². The number of hydrogen-bond acceptors (Lipinski definition) is 3. The topological polar surface area (TPSA) is 28.2 Å². The minimum Gasteiger partial charge on any atom is -0.365 e. The molecule has 1 aliphatic rings. The van der Waals surface area contributed by atoms with Crippen LogP contribution in [-0.2, 0) is 0 Å². The van der Waals surface area contributed by atoms with Crippen LogP contribution >= 0.6 is 0 Å². The molecule has 1 fully saturated rings. The van der Waals surface area contributed by atoms with Gasteiger partial charge in [0.25, 0.3) is 0 Å². The fourth-order valence-corrected chi connectivity index (χ4v) is 3.22. The molecule has 1 aromatic heterocycles. The van der Waals surface area contributed by atoms with Gasteiger partial charge in [-0.05, 0) is 51.2 Å². The third-order valence-corrected chi connectivity index (χ3v) is 4.89. The summed E-state index contributed by atoms with van der Waals surface area (Å²) < 4.78 is 0. The molecule has 21 heavy (non-hydrogen) atoms. The summed E-state index contributed by atoms with van der Waals surface area (Å²) in [4.78, 5) is 7.24. The SMILES string of the molecule is CCC1(CC)CCN(c2cccc(NC(C)(C)C)n2)CC1. The predicted octanol–water partition coefficient (Wildman–Crippen LogP) is 4.70. The molecular weight excluding hydrogens is 258 g/mol. The normalized spacial score (nSPS) is 18.6. The largest absolute Gasteiger partial charge is 0.365 e. The second kappa shape index (κ2) is 6.25. The molecule has 0 aliphatic carbocycles. The van der Waals surface area contributed by atoms with Gasteiger partial charge in [0.15, 0.2) is 0 Å². The van der Waals surface area contributed by atoms with Gasteiger partial charge in [0.1, 0.15) is 11.6 Å². The molecule has 0 aromatic carbocycles. The Morgan fingerprint density at radius 1 is 1.14 bits per heavy atom. The summed E-state index contributed by atoms with van der Waals surface area (Å²) in [6, 6.07) is 6.30. The smallest absolute Gasteiger partial charge is 0.130 e. The van der Waals surface area contributed by atoms with Gasteiger partial charge < -0.3 is 10.2 Å². The van der Waals surface area contributed by atoms with Crippen molar-refractivity contribution in [2.45, 2.75) is 65.8 Å². The van der Waals surface area contributed by atoms with Gasteiger partial charge in [-0.15, -0.1) is 0 Å². The van der Waals surface area contributed by atoms with Crippen molar-refractivity contribution >= 4 is 11.6 Å². The van der Waals surface area contributed by atoms with Gasteiger partial charge in [-0.25, -0.2) is 4.98 Å². The summed E-state index contributed by atoms with van der Waals surface area (Å²) in [5.74, 6) is 2.09. The van der Waals surface area contributed by atoms with Crippen molar-refractivity contribution < 1.29 is 0 Å². The van der Waals surface area contributed by atoms with Crippen LogP contribution in [0.4, 0.5) is 11.6 Å². The van der Waals surface area contributed by atoms with Gasteiger partial charge in [0.05, 0.1) is 0 Å². The number of hydrogen-bond donors (Lipinski definition) is 1. The van der Waals surface area contributed by atoms with Gasteiger partial charge in [0.2, 0.25) is 0 Å². The van der Waals surface area contributed by atoms with Crippen molar-refractivity contribution in [2.24, 2.45) is 5.41 Å². The van der Waals surface area contributed by atoms with E-state index in [1.165, 1.54) is 25.7 Å². The maximum atomic E-state index is 4.80. The van der Waals surface area contributed by atoms with Crippen LogP contribution in [0.15, 0.2) is 18.2 Å². The maximum absolute atomic E-state index is 4.80. The van der Waals surface area contributed by atoms with E-state index in [-0.39, 0.29) is 5.54 Å². The summed E-state index contributed by atoms with van der Waals surface area (Å²) in [7, 11) is 0. The molecule has 1 saturated heterocycles. The van der Waals surface area contributed by atoms with Crippen molar-refractivity contribution in [3.63, 3.8) is 0 Å². The third-order valence-electron chi connectivity index (χ3n) is 4.89. The molecule has 0 unspecified atom stereocenters. The van der Waals surface area contributed by atoms with Crippen LogP contribution in [0.3, 0.4) is 0 Å². The summed E-state index contributed by atoms with van der Waals surface area (Å²) >= 11 is 0. The Hall–Kier alpha value is -1.25. The average molecular weight is 289 g/mol. The molecule has 2 heterocycles. The molecule has 3 nitrogen and oxygen atoms in total. The van der Waals surface area contributed by atoms with E-state index in [9.17, 15) is 0 Å². The lowest BCUT2D eigenvalue weighted by Gasteiger charge is -2.41. The first-order chi connectivity index (χ1) is 9.87. The molecule has 1 aromatic rings. The fourth-order valence-electron chi connectivity index (χ4n) is 3.22. The Balaban J connectivity index is 2.05. The van der Waals surface area contributed by atoms with E-state index >= 15 is 0 Å². The molecule has 1 N–H and O–H groups in total. The number of nitrogens with one attached hydrogen (secondary N) is 1. The zero-order valence-corrected chi connectivity index (χ0v) is 14.4. The lowest BCUT2D eigenvalue weighted by atomic mass is 9.74. The highest BCUT2D eigenvalue weighted by Gasteiger charge is 2.31. The third kappa shape index (κ3) is 4.12. The molecule has 0 bridgehead atoms. The van der Waals surface area contributed by atoms with Crippen LogP contribution in [0.1, 0.15) is 60.3 Å². The van der Waals surface area contributed by atoms with E-state index < -0.39 is 0 Å². The molecule has 1 aliphatic heterocycles. The van der Waals surface area contributed by atoms with E-state index in [0.29, 0.717) is 5.41 Å². The zero-order valence-electron chi connectivity index (χ0n) is 14.4. The molecule has 118 valence electrons. The highest BCUT2D eigenvalue weighted by atomic mass is 15.2. The Bertz CT molecular complexity index is 448. The number of piperidine rings is 1. The highest BCUT2D eigenvalue weighted by molar-refractivity contribution is 5.48. The first kappa shape index (κ1) is 16.1. The Morgan fingerprint density at radius 2 is 1.76 bits per heavy atom. The van der Waals surface area contributed by atoms with Crippen LogP contribution in [0, 0.1) is 5.41 Å². The first-order valence-corrected chi connectivity index (χ1v) is 8.38. The fraction of sp³-hybridized carbons (Fsp3) is 0.722. The van der Waals surface area contributed by atoms with Crippen molar-refractivity contribution in [3.8, 4) is 0 Å². The average Bonchev–Trinajstić information content (AvgIpc) is 2.46. The number of aromatic nitrogens is 1. The van der Waals surface area contributed by atoms with E-state index in [0.717, 1.165) is 24.7 Å². The maximum Gasteiger partial charge on any atom is 0.130 e. The van der Waals surface area contributed by atoms with Crippen molar-refractivity contribution in [3.05, 3.63) is 18.2 Å². The molecule has 3 heteroatoms. The Morgan fingerprint density at radius 3 is 2.29 bits per heavy atom. The summed E-state index contributed by atoms with van der Waals surface area (Å²) in [5, 5.41) is 3.46. The second-order valence-corrected chi connectivity index (χ2v) is 7.45. The van der Waals surface area contributed by atoms with Gasteiger partial charge in [0, 0.05) is 18.6 Å². The minimum atomic E-state index is 0.0487. The number of rotatable bonds is 4. The lowest BCUT2D eigenvalue weighted by molar-refractivity contribution is 0.199. The minimum absolute atomic E-state index is 0.0487. The molecule has 0 radical (unpaired) electrons. The van der Waals surface area contributed by atoms with Gasteiger partial charge in [-0.1, -0.05) is 32.8 Å². The Labute approximate surface area is 130 Å². The van der Waals surface area contributed by atoms with Gasteiger partial charge in [-0.3, -0.25) is 0 Å². The van der Waals surface area contributed by atoms with Gasteiger partial charge in [-0.2, -0.15) is 0 Å². The summed E-state index contributed by atoms with van der Waals surface area (Å²) in [6.07, 6.45) is 5.18. The van der Waals surface area contributed by atoms with E-state index in [2.05, 4.69) is 63.0 Å². The second-order valence-electron chi connectivity index (χ2n) is 7.45. The van der Waals surface area contributed by atoms with Crippen molar-refractivity contribution in [1.29, 1.82) is 0 Å². The number of pyridine rings is 1. The Kier molecular flexibility index (Phi) is 4.80. The molecule has 0 atom stereocenters. The molecule has 0 amide bonds. The van der Waals surface area contributed by atoms with Gasteiger partial charge >= 0.3 is 0 Å². The highest BCUT2D eigenvalue weighted by Crippen LogP contribution is 2.38. The predicted molar refractivity (Wildman–Crippen MR) is 92.1 cm³/mol. The quantitative estimate of drug-likeness (QED) is 0.871. The van der Waals surface area contributed by atoms with Crippen LogP contribution in [0.2, 0.25) is 0 Å². The van der Waals surface area contributed by atoms with Crippen LogP contribution in [0.25, 0.3) is 0 Å². The van der Waals surface area contributed by atoms with Crippen LogP contribution < -0.4 is 10.2 Å². The van der Waals surface area contributed by atoms with E-state index in [4.69, 9.17) is 4.98 Å². The number of nitrogens with zero attached hydrogens (tertiary/aromatic N) is 2. The van der Waals surface area contributed by atoms with E-state index in [1.54, 1.807) is 0 Å². The van der Waals surface area contributed by atoms with Crippen molar-refractivity contribution in [1.82, 2.24) is 4.98 Å². The number of anilines is 2. The summed E-state index contributed by atoms with van der Waals surface area (Å²) in [6.45, 7) is 13.4. The van der Waals surface area contributed by atoms with Crippen LogP contribution in [0.5, 0.6) is 0 Å². The monoisotopic (exact) mass is 289 g/mol. The summed E-state index contributed by atoms with van der Waals surface area (Å²) in [5.41, 5.74) is 0.616.